The molecule has 2 aliphatic rings. The fourth-order valence-electron chi connectivity index (χ4n) is 1.93. The van der Waals surface area contributed by atoms with Gasteiger partial charge in [-0.1, -0.05) is 0 Å². The summed E-state index contributed by atoms with van der Waals surface area (Å²) in [6.07, 6.45) is 2.00. The van der Waals surface area contributed by atoms with E-state index < -0.39 is 0 Å². The summed E-state index contributed by atoms with van der Waals surface area (Å²) >= 11 is 0. The molecule has 2 unspecified atom stereocenters. The minimum atomic E-state index is 0.0939. The number of nitrogens with one attached hydrogen (secondary N) is 1. The molecular formula is C8H9NO3. The van der Waals surface area contributed by atoms with E-state index >= 15 is 0 Å². The Balaban J connectivity index is 2.13. The molecule has 0 spiro atoms. The number of hydrogen-bond donors (Lipinski definition) is 3. The van der Waals surface area contributed by atoms with Crippen LogP contribution in [0.5, 0.6) is 11.8 Å². The van der Waals surface area contributed by atoms with Gasteiger partial charge in [0.2, 0.25) is 0 Å². The van der Waals surface area contributed by atoms with E-state index in [1.165, 1.54) is 0 Å². The molecule has 1 fully saturated rings. The normalized spacial score (nSPS) is 31.0. The molecule has 4 nitrogen and oxygen atoms in total. The molecule has 2 atom stereocenters. The van der Waals surface area contributed by atoms with E-state index in [9.17, 15) is 10.2 Å². The highest BCUT2D eigenvalue weighted by molar-refractivity contribution is 5.47. The Morgan fingerprint density at radius 1 is 1.08 bits per heavy atom. The third-order valence-electron chi connectivity index (χ3n) is 2.67. The highest BCUT2D eigenvalue weighted by Crippen LogP contribution is 2.42. The van der Waals surface area contributed by atoms with Crippen LogP contribution in [0.4, 0.5) is 0 Å². The summed E-state index contributed by atoms with van der Waals surface area (Å²) in [4.78, 5) is 2.51. The maximum absolute atomic E-state index is 9.34. The molecule has 3 N–H and O–H groups in total. The Morgan fingerprint density at radius 3 is 2.08 bits per heavy atom. The van der Waals surface area contributed by atoms with Gasteiger partial charge in [-0.2, -0.15) is 0 Å². The first-order chi connectivity index (χ1) is 5.75. The van der Waals surface area contributed by atoms with Crippen molar-refractivity contribution in [3.63, 3.8) is 0 Å². The van der Waals surface area contributed by atoms with E-state index in [-0.39, 0.29) is 24.0 Å². The Morgan fingerprint density at radius 2 is 1.58 bits per heavy atom. The number of rotatable bonds is 0. The summed E-state index contributed by atoms with van der Waals surface area (Å²) in [6, 6.07) is 0. The summed E-state index contributed by atoms with van der Waals surface area (Å²) in [5, 5.41) is 18.7. The first-order valence-electron chi connectivity index (χ1n) is 4.03. The fraction of sp³-hybridized carbons (Fsp3) is 0.500. The average Bonchev–Trinajstić information content (AvgIpc) is 2.73. The number of aromatic amines is 1. The Labute approximate surface area is 68.8 Å². The van der Waals surface area contributed by atoms with Crippen molar-refractivity contribution in [1.29, 1.82) is 0 Å². The van der Waals surface area contributed by atoms with Crippen molar-refractivity contribution in [3.8, 4) is 11.8 Å². The Kier molecular flexibility index (Phi) is 0.939. The molecule has 0 bridgehead atoms. The molecule has 1 aromatic rings. The van der Waals surface area contributed by atoms with Crippen LogP contribution in [0.15, 0.2) is 0 Å². The highest BCUT2D eigenvalue weighted by Gasteiger charge is 2.45. The largest absolute Gasteiger partial charge is 0.494 e. The zero-order valence-corrected chi connectivity index (χ0v) is 6.37. The molecule has 4 heteroatoms. The van der Waals surface area contributed by atoms with Crippen LogP contribution in [-0.2, 0) is 17.6 Å². The quantitative estimate of drug-likeness (QED) is 0.486. The Bertz CT molecular complexity index is 314. The molecule has 1 aromatic heterocycles. The average molecular weight is 167 g/mol. The number of aromatic nitrogens is 1. The van der Waals surface area contributed by atoms with Crippen LogP contribution in [0, 0.1) is 0 Å². The van der Waals surface area contributed by atoms with Gasteiger partial charge in [-0.25, -0.2) is 0 Å². The molecule has 1 aliphatic carbocycles. The van der Waals surface area contributed by atoms with E-state index in [1.807, 2.05) is 0 Å². The SMILES string of the molecule is Oc1[nH]c(O)c2c1CC1OC1C2. The van der Waals surface area contributed by atoms with Crippen molar-refractivity contribution >= 4 is 0 Å². The van der Waals surface area contributed by atoms with E-state index in [4.69, 9.17) is 4.74 Å². The fourth-order valence-corrected chi connectivity index (χ4v) is 1.93. The van der Waals surface area contributed by atoms with Crippen LogP contribution in [0.2, 0.25) is 0 Å². The number of ether oxygens (including phenoxy) is 1. The van der Waals surface area contributed by atoms with Crippen molar-refractivity contribution in [2.24, 2.45) is 0 Å². The van der Waals surface area contributed by atoms with Crippen LogP contribution < -0.4 is 0 Å². The van der Waals surface area contributed by atoms with Gasteiger partial charge in [-0.05, 0) is 0 Å². The van der Waals surface area contributed by atoms with Crippen LogP contribution in [0.25, 0.3) is 0 Å². The number of epoxide rings is 1. The van der Waals surface area contributed by atoms with Crippen molar-refractivity contribution in [2.45, 2.75) is 25.0 Å². The Hall–Kier alpha value is -1.16. The monoisotopic (exact) mass is 167 g/mol. The molecule has 0 amide bonds. The third kappa shape index (κ3) is 0.653. The van der Waals surface area contributed by atoms with Crippen molar-refractivity contribution in [2.75, 3.05) is 0 Å². The molecule has 64 valence electrons. The minimum Gasteiger partial charge on any atom is -0.494 e. The highest BCUT2D eigenvalue weighted by atomic mass is 16.6. The molecule has 12 heavy (non-hydrogen) atoms. The van der Waals surface area contributed by atoms with Gasteiger partial charge in [0.25, 0.3) is 0 Å². The third-order valence-corrected chi connectivity index (χ3v) is 2.67. The maximum Gasteiger partial charge on any atom is 0.194 e. The van der Waals surface area contributed by atoms with Gasteiger partial charge < -0.3 is 14.9 Å². The molecule has 0 radical (unpaired) electrons. The van der Waals surface area contributed by atoms with E-state index in [1.54, 1.807) is 0 Å². The lowest BCUT2D eigenvalue weighted by Gasteiger charge is -2.05. The minimum absolute atomic E-state index is 0.0939. The van der Waals surface area contributed by atoms with E-state index in [0.717, 1.165) is 24.0 Å². The van der Waals surface area contributed by atoms with Crippen molar-refractivity contribution in [3.05, 3.63) is 11.1 Å². The van der Waals surface area contributed by atoms with Crippen molar-refractivity contribution < 1.29 is 14.9 Å². The molecule has 2 heterocycles. The number of H-pyrrole nitrogens is 1. The maximum atomic E-state index is 9.34. The number of aromatic hydroxyl groups is 2. The summed E-state index contributed by atoms with van der Waals surface area (Å²) in [6.45, 7) is 0. The molecule has 0 saturated carbocycles. The standard InChI is InChI=1S/C8H9NO3/c10-7-3-1-5-6(12-5)2-4(3)8(11)9-7/h5-6,9-11H,1-2H2. The zero-order valence-electron chi connectivity index (χ0n) is 6.37. The summed E-state index contributed by atoms with van der Waals surface area (Å²) in [5.41, 5.74) is 1.65. The van der Waals surface area contributed by atoms with Gasteiger partial charge in [-0.15, -0.1) is 0 Å². The second-order valence-electron chi connectivity index (χ2n) is 3.40. The molecule has 1 aliphatic heterocycles. The second kappa shape index (κ2) is 1.77. The summed E-state index contributed by atoms with van der Waals surface area (Å²) < 4.78 is 5.29. The number of fused-ring (bicyclic) bond motifs is 2. The van der Waals surface area contributed by atoms with E-state index in [2.05, 4.69) is 4.98 Å². The van der Waals surface area contributed by atoms with E-state index in [0.29, 0.717) is 0 Å². The topological polar surface area (TPSA) is 68.8 Å². The predicted molar refractivity (Wildman–Crippen MR) is 40.2 cm³/mol. The zero-order chi connectivity index (χ0) is 8.29. The first-order valence-corrected chi connectivity index (χ1v) is 4.03. The summed E-state index contributed by atoms with van der Waals surface area (Å²) in [7, 11) is 0. The van der Waals surface area contributed by atoms with Crippen LogP contribution in [0.3, 0.4) is 0 Å². The number of hydrogen-bond acceptors (Lipinski definition) is 3. The summed E-state index contributed by atoms with van der Waals surface area (Å²) in [5.74, 6) is 0.188. The van der Waals surface area contributed by atoms with Gasteiger partial charge in [0, 0.05) is 24.0 Å². The van der Waals surface area contributed by atoms with Crippen LogP contribution in [-0.4, -0.2) is 27.4 Å². The molecule has 3 rings (SSSR count). The first kappa shape index (κ1) is 6.37. The van der Waals surface area contributed by atoms with Crippen molar-refractivity contribution in [1.82, 2.24) is 4.98 Å². The lowest BCUT2D eigenvalue weighted by molar-refractivity contribution is 0.369. The van der Waals surface area contributed by atoms with Gasteiger partial charge in [0.15, 0.2) is 11.8 Å². The van der Waals surface area contributed by atoms with Crippen LogP contribution in [0.1, 0.15) is 11.1 Å². The molecule has 1 saturated heterocycles. The molecular weight excluding hydrogens is 158 g/mol. The van der Waals surface area contributed by atoms with Gasteiger partial charge in [0.05, 0.1) is 12.2 Å². The molecule has 0 aromatic carbocycles. The lowest BCUT2D eigenvalue weighted by atomic mass is 9.95. The lowest BCUT2D eigenvalue weighted by Crippen LogP contribution is -2.09. The second-order valence-corrected chi connectivity index (χ2v) is 3.40. The van der Waals surface area contributed by atoms with Crippen LogP contribution >= 0.6 is 0 Å². The predicted octanol–water partition coefficient (Wildman–Crippen LogP) is 0.292. The van der Waals surface area contributed by atoms with Gasteiger partial charge in [0.1, 0.15) is 0 Å². The van der Waals surface area contributed by atoms with Gasteiger partial charge in [-0.3, -0.25) is 4.98 Å². The smallest absolute Gasteiger partial charge is 0.194 e. The van der Waals surface area contributed by atoms with Gasteiger partial charge >= 0.3 is 0 Å².